The maximum absolute atomic E-state index is 12.4. The molecule has 0 spiro atoms. The molecule has 2 N–H and O–H groups in total. The lowest BCUT2D eigenvalue weighted by Gasteiger charge is -2.14. The molecular formula is C13H19N3O2. The van der Waals surface area contributed by atoms with Crippen molar-refractivity contribution in [3.05, 3.63) is 26.5 Å². The largest absolute Gasteiger partial charge is 0.393 e. The van der Waals surface area contributed by atoms with Gasteiger partial charge in [0.25, 0.3) is 5.56 Å². The molecule has 0 radical (unpaired) electrons. The van der Waals surface area contributed by atoms with E-state index in [2.05, 4.69) is 0 Å². The third-order valence-electron chi connectivity index (χ3n) is 4.01. The Morgan fingerprint density at radius 2 is 1.56 bits per heavy atom. The lowest BCUT2D eigenvalue weighted by molar-refractivity contribution is 0.500. The quantitative estimate of drug-likeness (QED) is 0.854. The van der Waals surface area contributed by atoms with Crippen LogP contribution in [0.15, 0.2) is 9.59 Å². The molecule has 0 amide bonds. The van der Waals surface area contributed by atoms with Crippen LogP contribution in [0.5, 0.6) is 0 Å². The molecule has 0 unspecified atom stereocenters. The maximum Gasteiger partial charge on any atom is 0.331 e. The highest BCUT2D eigenvalue weighted by Crippen LogP contribution is 2.31. The molecule has 0 bridgehead atoms. The van der Waals surface area contributed by atoms with Gasteiger partial charge in [0.2, 0.25) is 0 Å². The van der Waals surface area contributed by atoms with Crippen molar-refractivity contribution in [1.82, 2.24) is 9.13 Å². The number of hydrogen-bond acceptors (Lipinski definition) is 3. The summed E-state index contributed by atoms with van der Waals surface area (Å²) in [6.07, 6.45) is 4.58. The van der Waals surface area contributed by atoms with Gasteiger partial charge in [0.05, 0.1) is 0 Å². The summed E-state index contributed by atoms with van der Waals surface area (Å²) >= 11 is 0. The summed E-state index contributed by atoms with van der Waals surface area (Å²) in [6.45, 7) is 3.01. The van der Waals surface area contributed by atoms with Gasteiger partial charge in [-0.25, -0.2) is 4.79 Å². The van der Waals surface area contributed by atoms with E-state index in [1.807, 2.05) is 0 Å². The normalized spacial score (nSPS) is 19.2. The van der Waals surface area contributed by atoms with Crippen LogP contribution >= 0.6 is 0 Å². The van der Waals surface area contributed by atoms with Crippen molar-refractivity contribution >= 4 is 5.69 Å². The molecule has 2 saturated carbocycles. The molecule has 98 valence electrons. The zero-order valence-corrected chi connectivity index (χ0v) is 10.7. The molecule has 0 aliphatic heterocycles. The van der Waals surface area contributed by atoms with Gasteiger partial charge in [0, 0.05) is 18.8 Å². The van der Waals surface area contributed by atoms with Crippen LogP contribution in [0.2, 0.25) is 0 Å². The smallest absolute Gasteiger partial charge is 0.331 e. The number of anilines is 1. The zero-order valence-electron chi connectivity index (χ0n) is 10.7. The Morgan fingerprint density at radius 3 is 2.06 bits per heavy atom. The Bertz CT molecular complexity index is 591. The van der Waals surface area contributed by atoms with E-state index in [9.17, 15) is 9.59 Å². The van der Waals surface area contributed by atoms with Crippen LogP contribution in [-0.4, -0.2) is 9.13 Å². The molecule has 3 rings (SSSR count). The predicted octanol–water partition coefficient (Wildman–Crippen LogP) is 0.721. The Hall–Kier alpha value is -1.52. The number of aromatic nitrogens is 2. The maximum atomic E-state index is 12.4. The van der Waals surface area contributed by atoms with E-state index in [-0.39, 0.29) is 16.9 Å². The fourth-order valence-electron chi connectivity index (χ4n) is 2.31. The van der Waals surface area contributed by atoms with Gasteiger partial charge in [0.15, 0.2) is 0 Å². The minimum Gasteiger partial charge on any atom is -0.393 e. The monoisotopic (exact) mass is 249 g/mol. The van der Waals surface area contributed by atoms with E-state index in [1.165, 1.54) is 17.4 Å². The lowest BCUT2D eigenvalue weighted by Crippen LogP contribution is -2.43. The SMILES string of the molecule is Cc1c(N)c(=O)n(CC2CC2)c(=O)n1CC1CC1. The van der Waals surface area contributed by atoms with Crippen LogP contribution in [0.4, 0.5) is 5.69 Å². The Balaban J connectivity index is 2.08. The highest BCUT2D eigenvalue weighted by Gasteiger charge is 2.27. The molecule has 2 aliphatic rings. The molecule has 0 aromatic carbocycles. The molecule has 0 atom stereocenters. The van der Waals surface area contributed by atoms with E-state index >= 15 is 0 Å². The summed E-state index contributed by atoms with van der Waals surface area (Å²) < 4.78 is 3.03. The Morgan fingerprint density at radius 1 is 1.06 bits per heavy atom. The Labute approximate surface area is 105 Å². The van der Waals surface area contributed by atoms with E-state index in [0.29, 0.717) is 30.6 Å². The van der Waals surface area contributed by atoms with Crippen molar-refractivity contribution in [2.24, 2.45) is 11.8 Å². The highest BCUT2D eigenvalue weighted by molar-refractivity contribution is 5.39. The van der Waals surface area contributed by atoms with Crippen LogP contribution in [0.1, 0.15) is 31.4 Å². The zero-order chi connectivity index (χ0) is 12.9. The van der Waals surface area contributed by atoms with Crippen molar-refractivity contribution in [1.29, 1.82) is 0 Å². The van der Waals surface area contributed by atoms with Crippen LogP contribution in [0.3, 0.4) is 0 Å². The average molecular weight is 249 g/mol. The first kappa shape index (κ1) is 11.6. The fourth-order valence-corrected chi connectivity index (χ4v) is 2.31. The van der Waals surface area contributed by atoms with E-state index in [4.69, 9.17) is 5.73 Å². The summed E-state index contributed by atoms with van der Waals surface area (Å²) in [7, 11) is 0. The van der Waals surface area contributed by atoms with E-state index in [0.717, 1.165) is 12.8 Å². The van der Waals surface area contributed by atoms with Gasteiger partial charge in [-0.15, -0.1) is 0 Å². The van der Waals surface area contributed by atoms with Gasteiger partial charge >= 0.3 is 5.69 Å². The lowest BCUT2D eigenvalue weighted by atomic mass is 10.3. The van der Waals surface area contributed by atoms with Crippen molar-refractivity contribution in [3.8, 4) is 0 Å². The van der Waals surface area contributed by atoms with Crippen LogP contribution in [0.25, 0.3) is 0 Å². The van der Waals surface area contributed by atoms with Gasteiger partial charge in [-0.2, -0.15) is 0 Å². The molecule has 1 heterocycles. The van der Waals surface area contributed by atoms with Crippen LogP contribution in [-0.2, 0) is 13.1 Å². The van der Waals surface area contributed by atoms with Crippen molar-refractivity contribution < 1.29 is 0 Å². The van der Waals surface area contributed by atoms with Crippen molar-refractivity contribution in [2.75, 3.05) is 5.73 Å². The van der Waals surface area contributed by atoms with Crippen molar-refractivity contribution in [2.45, 2.75) is 45.7 Å². The van der Waals surface area contributed by atoms with Crippen molar-refractivity contribution in [3.63, 3.8) is 0 Å². The second-order valence-corrected chi connectivity index (χ2v) is 5.69. The van der Waals surface area contributed by atoms with Crippen LogP contribution < -0.4 is 17.0 Å². The first-order valence-electron chi connectivity index (χ1n) is 6.67. The number of nitrogen functional groups attached to an aromatic ring is 1. The highest BCUT2D eigenvalue weighted by atomic mass is 16.2. The third-order valence-corrected chi connectivity index (χ3v) is 4.01. The first-order chi connectivity index (χ1) is 8.58. The van der Waals surface area contributed by atoms with Gasteiger partial charge in [0.1, 0.15) is 5.69 Å². The molecule has 5 heteroatoms. The summed E-state index contributed by atoms with van der Waals surface area (Å²) in [4.78, 5) is 24.4. The molecule has 5 nitrogen and oxygen atoms in total. The minimum atomic E-state index is -0.309. The average Bonchev–Trinajstić information content (AvgIpc) is 3.22. The fraction of sp³-hybridized carbons (Fsp3) is 0.692. The molecule has 18 heavy (non-hydrogen) atoms. The number of rotatable bonds is 4. The standard InChI is InChI=1S/C13H19N3O2/c1-8-11(14)12(17)16(7-10-4-5-10)13(18)15(8)6-9-2-3-9/h9-10H,2-7,14H2,1H3. The third kappa shape index (κ3) is 1.98. The molecule has 2 fully saturated rings. The summed E-state index contributed by atoms with van der Waals surface area (Å²) in [6, 6.07) is 0. The first-order valence-corrected chi connectivity index (χ1v) is 6.67. The number of nitrogens with two attached hydrogens (primary N) is 1. The summed E-state index contributed by atoms with van der Waals surface area (Å²) in [5, 5.41) is 0. The second kappa shape index (κ2) is 4.00. The molecule has 1 aromatic rings. The topological polar surface area (TPSA) is 70.0 Å². The summed E-state index contributed by atoms with van der Waals surface area (Å²) in [5.41, 5.74) is 6.23. The van der Waals surface area contributed by atoms with E-state index < -0.39 is 0 Å². The summed E-state index contributed by atoms with van der Waals surface area (Å²) in [5.74, 6) is 1.08. The molecular weight excluding hydrogens is 230 g/mol. The predicted molar refractivity (Wildman–Crippen MR) is 69.6 cm³/mol. The van der Waals surface area contributed by atoms with E-state index in [1.54, 1.807) is 11.5 Å². The molecule has 0 saturated heterocycles. The van der Waals surface area contributed by atoms with Crippen LogP contribution in [0, 0.1) is 18.8 Å². The number of nitrogens with zero attached hydrogens (tertiary/aromatic N) is 2. The van der Waals surface area contributed by atoms with Gasteiger partial charge in [-0.05, 0) is 44.4 Å². The van der Waals surface area contributed by atoms with Gasteiger partial charge in [-0.3, -0.25) is 13.9 Å². The number of hydrogen-bond donors (Lipinski definition) is 1. The Kier molecular flexibility index (Phi) is 2.57. The van der Waals surface area contributed by atoms with Gasteiger partial charge in [-0.1, -0.05) is 0 Å². The molecule has 1 aromatic heterocycles. The minimum absolute atomic E-state index is 0.175. The molecule has 2 aliphatic carbocycles. The second-order valence-electron chi connectivity index (χ2n) is 5.69. The van der Waals surface area contributed by atoms with Gasteiger partial charge < -0.3 is 5.73 Å².